The molecule has 1 heterocycles. The predicted octanol–water partition coefficient (Wildman–Crippen LogP) is 3.56. The molecule has 0 N–H and O–H groups in total. The summed E-state index contributed by atoms with van der Waals surface area (Å²) in [5, 5.41) is 9.04. The number of hydrogen-bond acceptors (Lipinski definition) is 2. The lowest BCUT2D eigenvalue weighted by molar-refractivity contribution is 0.945. The minimum absolute atomic E-state index is 0.669. The number of nitriles is 1. The van der Waals surface area contributed by atoms with Gasteiger partial charge in [-0.3, -0.25) is 0 Å². The lowest BCUT2D eigenvalue weighted by Gasteiger charge is -2.29. The van der Waals surface area contributed by atoms with E-state index in [2.05, 4.69) is 49.1 Å². The Morgan fingerprint density at radius 1 is 1.12 bits per heavy atom. The molecule has 2 rings (SSSR count). The largest absolute Gasteiger partial charge is 0.340 e. The van der Waals surface area contributed by atoms with Crippen molar-refractivity contribution in [3.8, 4) is 6.07 Å². The highest BCUT2D eigenvalue weighted by molar-refractivity contribution is 5.59. The molecule has 0 spiro atoms. The molecule has 2 nitrogen and oxygen atoms in total. The SMILES string of the molecule is CC1=C(C)N(c2ccc(C)cc2)CC(C#N)=C1. The van der Waals surface area contributed by atoms with Gasteiger partial charge in [-0.05, 0) is 44.6 Å². The first-order valence-electron chi connectivity index (χ1n) is 5.74. The van der Waals surface area contributed by atoms with Crippen molar-refractivity contribution in [3.05, 3.63) is 52.7 Å². The molecule has 1 aromatic carbocycles. The first-order chi connectivity index (χ1) is 8.11. The number of rotatable bonds is 1. The van der Waals surface area contributed by atoms with Crippen LogP contribution in [-0.2, 0) is 0 Å². The number of hydrogen-bond donors (Lipinski definition) is 0. The quantitative estimate of drug-likeness (QED) is 0.729. The Bertz CT molecular complexity index is 527. The Hall–Kier alpha value is -2.01. The summed E-state index contributed by atoms with van der Waals surface area (Å²) in [6.45, 7) is 6.89. The summed E-state index contributed by atoms with van der Waals surface area (Å²) < 4.78 is 0. The number of benzene rings is 1. The van der Waals surface area contributed by atoms with Gasteiger partial charge in [-0.2, -0.15) is 5.26 Å². The predicted molar refractivity (Wildman–Crippen MR) is 70.6 cm³/mol. The molecule has 1 aliphatic rings. The van der Waals surface area contributed by atoms with Crippen LogP contribution in [0.15, 0.2) is 47.2 Å². The monoisotopic (exact) mass is 224 g/mol. The van der Waals surface area contributed by atoms with Gasteiger partial charge in [-0.1, -0.05) is 17.7 Å². The van der Waals surface area contributed by atoms with Gasteiger partial charge in [0.2, 0.25) is 0 Å². The van der Waals surface area contributed by atoms with Gasteiger partial charge in [0.15, 0.2) is 0 Å². The van der Waals surface area contributed by atoms with E-state index in [0.29, 0.717) is 6.54 Å². The first-order valence-corrected chi connectivity index (χ1v) is 5.74. The third-order valence-electron chi connectivity index (χ3n) is 3.18. The van der Waals surface area contributed by atoms with E-state index < -0.39 is 0 Å². The number of aryl methyl sites for hydroxylation is 1. The van der Waals surface area contributed by atoms with E-state index in [1.807, 2.05) is 13.0 Å². The minimum Gasteiger partial charge on any atom is -0.340 e. The fourth-order valence-electron chi connectivity index (χ4n) is 1.99. The summed E-state index contributed by atoms with van der Waals surface area (Å²) in [5.74, 6) is 0. The standard InChI is InChI=1S/C15H16N2/c1-11-4-6-15(7-5-11)17-10-14(9-16)8-12(2)13(17)3/h4-8H,10H2,1-3H3. The lowest BCUT2D eigenvalue weighted by atomic mass is 10.0. The molecule has 17 heavy (non-hydrogen) atoms. The molecule has 0 unspecified atom stereocenters. The molecule has 0 atom stereocenters. The second kappa shape index (κ2) is 4.47. The molecule has 1 aromatic rings. The topological polar surface area (TPSA) is 27.0 Å². The van der Waals surface area contributed by atoms with Crippen LogP contribution in [-0.4, -0.2) is 6.54 Å². The minimum atomic E-state index is 0.669. The van der Waals surface area contributed by atoms with Crippen LogP contribution in [0.25, 0.3) is 0 Å². The second-order valence-electron chi connectivity index (χ2n) is 4.47. The van der Waals surface area contributed by atoms with E-state index >= 15 is 0 Å². The summed E-state index contributed by atoms with van der Waals surface area (Å²) in [4.78, 5) is 2.19. The lowest BCUT2D eigenvalue weighted by Crippen LogP contribution is -2.27. The summed E-state index contributed by atoms with van der Waals surface area (Å²) in [6.07, 6.45) is 1.97. The molecular formula is C15H16N2. The average Bonchev–Trinajstić information content (AvgIpc) is 2.34. The maximum Gasteiger partial charge on any atom is 0.0966 e. The highest BCUT2D eigenvalue weighted by Gasteiger charge is 2.16. The molecule has 1 aliphatic heterocycles. The van der Waals surface area contributed by atoms with E-state index in [9.17, 15) is 0 Å². The molecular weight excluding hydrogens is 208 g/mol. The van der Waals surface area contributed by atoms with Crippen molar-refractivity contribution in [2.75, 3.05) is 11.4 Å². The Morgan fingerprint density at radius 2 is 1.76 bits per heavy atom. The van der Waals surface area contributed by atoms with Crippen molar-refractivity contribution in [2.24, 2.45) is 0 Å². The molecule has 0 aromatic heterocycles. The first kappa shape index (κ1) is 11.5. The van der Waals surface area contributed by atoms with Crippen LogP contribution in [0.2, 0.25) is 0 Å². The van der Waals surface area contributed by atoms with Gasteiger partial charge in [0, 0.05) is 17.0 Å². The fourth-order valence-corrected chi connectivity index (χ4v) is 1.99. The van der Waals surface area contributed by atoms with Crippen molar-refractivity contribution in [1.82, 2.24) is 0 Å². The zero-order chi connectivity index (χ0) is 12.4. The van der Waals surface area contributed by atoms with Crippen LogP contribution in [0.1, 0.15) is 19.4 Å². The molecule has 2 heteroatoms. The van der Waals surface area contributed by atoms with E-state index in [1.54, 1.807) is 0 Å². The summed E-state index contributed by atoms with van der Waals surface area (Å²) in [6, 6.07) is 10.7. The van der Waals surface area contributed by atoms with Crippen LogP contribution >= 0.6 is 0 Å². The van der Waals surface area contributed by atoms with Crippen LogP contribution in [0.3, 0.4) is 0 Å². The summed E-state index contributed by atoms with van der Waals surface area (Å²) in [5.41, 5.74) is 5.59. The highest BCUT2D eigenvalue weighted by atomic mass is 15.1. The number of nitrogens with zero attached hydrogens (tertiary/aromatic N) is 2. The molecule has 0 saturated heterocycles. The van der Waals surface area contributed by atoms with Crippen molar-refractivity contribution < 1.29 is 0 Å². The summed E-state index contributed by atoms with van der Waals surface area (Å²) >= 11 is 0. The third kappa shape index (κ3) is 2.24. The molecule has 0 bridgehead atoms. The van der Waals surface area contributed by atoms with Crippen molar-refractivity contribution >= 4 is 5.69 Å². The molecule has 0 radical (unpaired) electrons. The van der Waals surface area contributed by atoms with Crippen LogP contribution in [0.4, 0.5) is 5.69 Å². The Kier molecular flexibility index (Phi) is 3.01. The van der Waals surface area contributed by atoms with E-state index in [4.69, 9.17) is 5.26 Å². The zero-order valence-electron chi connectivity index (χ0n) is 10.5. The second-order valence-corrected chi connectivity index (χ2v) is 4.47. The van der Waals surface area contributed by atoms with Gasteiger partial charge in [-0.25, -0.2) is 0 Å². The Labute approximate surface area is 102 Å². The Morgan fingerprint density at radius 3 is 2.35 bits per heavy atom. The molecule has 0 saturated carbocycles. The van der Waals surface area contributed by atoms with Crippen LogP contribution in [0.5, 0.6) is 0 Å². The zero-order valence-corrected chi connectivity index (χ0v) is 10.5. The highest BCUT2D eigenvalue weighted by Crippen LogP contribution is 2.26. The van der Waals surface area contributed by atoms with Crippen LogP contribution in [0, 0.1) is 18.3 Å². The van der Waals surface area contributed by atoms with Gasteiger partial charge >= 0.3 is 0 Å². The van der Waals surface area contributed by atoms with Gasteiger partial charge in [0.25, 0.3) is 0 Å². The smallest absolute Gasteiger partial charge is 0.0966 e. The van der Waals surface area contributed by atoms with Gasteiger partial charge in [0.05, 0.1) is 12.6 Å². The molecule has 0 amide bonds. The van der Waals surface area contributed by atoms with Crippen molar-refractivity contribution in [2.45, 2.75) is 20.8 Å². The van der Waals surface area contributed by atoms with Gasteiger partial charge < -0.3 is 4.90 Å². The maximum absolute atomic E-state index is 9.04. The van der Waals surface area contributed by atoms with Gasteiger partial charge in [-0.15, -0.1) is 0 Å². The maximum atomic E-state index is 9.04. The Balaban J connectivity index is 2.38. The molecule has 0 aliphatic carbocycles. The fraction of sp³-hybridized carbons (Fsp3) is 0.267. The average molecular weight is 224 g/mol. The van der Waals surface area contributed by atoms with E-state index in [0.717, 1.165) is 16.8 Å². The van der Waals surface area contributed by atoms with Crippen molar-refractivity contribution in [3.63, 3.8) is 0 Å². The number of anilines is 1. The summed E-state index contributed by atoms with van der Waals surface area (Å²) in [7, 11) is 0. The van der Waals surface area contributed by atoms with E-state index in [-0.39, 0.29) is 0 Å². The third-order valence-corrected chi connectivity index (χ3v) is 3.18. The van der Waals surface area contributed by atoms with Crippen LogP contribution < -0.4 is 4.90 Å². The number of allylic oxidation sites excluding steroid dienone is 3. The molecule has 86 valence electrons. The normalized spacial score (nSPS) is 15.6. The van der Waals surface area contributed by atoms with Crippen molar-refractivity contribution in [1.29, 1.82) is 5.26 Å². The molecule has 0 fully saturated rings. The van der Waals surface area contributed by atoms with Gasteiger partial charge in [0.1, 0.15) is 0 Å². The van der Waals surface area contributed by atoms with E-state index in [1.165, 1.54) is 11.3 Å².